The van der Waals surface area contributed by atoms with E-state index < -0.39 is 0 Å². The zero-order chi connectivity index (χ0) is 9.42. The summed E-state index contributed by atoms with van der Waals surface area (Å²) in [5.74, 6) is 1.04. The maximum atomic E-state index is 5.61. The first-order chi connectivity index (χ1) is 6.22. The molecule has 0 aliphatic rings. The molecule has 0 unspecified atom stereocenters. The number of nitrogens with two attached hydrogens (primary N) is 1. The van der Waals surface area contributed by atoms with E-state index in [1.54, 1.807) is 6.20 Å². The number of anilines is 1. The van der Waals surface area contributed by atoms with Gasteiger partial charge in [-0.25, -0.2) is 9.97 Å². The van der Waals surface area contributed by atoms with E-state index in [2.05, 4.69) is 16.9 Å². The fourth-order valence-corrected chi connectivity index (χ4v) is 1.45. The van der Waals surface area contributed by atoms with Crippen molar-refractivity contribution >= 4 is 16.9 Å². The highest BCUT2D eigenvalue weighted by Crippen LogP contribution is 2.14. The fraction of sp³-hybridized carbons (Fsp3) is 0.333. The quantitative estimate of drug-likeness (QED) is 0.708. The van der Waals surface area contributed by atoms with Crippen LogP contribution in [0.3, 0.4) is 0 Å². The second-order valence-corrected chi connectivity index (χ2v) is 3.05. The van der Waals surface area contributed by atoms with Crippen LogP contribution in [0.2, 0.25) is 0 Å². The molecule has 0 atom stereocenters. The highest BCUT2D eigenvalue weighted by molar-refractivity contribution is 5.74. The summed E-state index contributed by atoms with van der Waals surface area (Å²) in [5, 5.41) is 0. The Labute approximate surface area is 76.4 Å². The third kappa shape index (κ3) is 1.14. The normalized spacial score (nSPS) is 10.9. The highest BCUT2D eigenvalue weighted by Gasteiger charge is 2.06. The van der Waals surface area contributed by atoms with Crippen molar-refractivity contribution in [2.24, 2.45) is 7.05 Å². The maximum Gasteiger partial charge on any atom is 0.159 e. The Kier molecular flexibility index (Phi) is 1.69. The van der Waals surface area contributed by atoms with Crippen LogP contribution in [-0.4, -0.2) is 14.5 Å². The average Bonchev–Trinajstić information content (AvgIpc) is 2.42. The van der Waals surface area contributed by atoms with Gasteiger partial charge >= 0.3 is 0 Å². The first kappa shape index (κ1) is 8.04. The summed E-state index contributed by atoms with van der Waals surface area (Å²) in [7, 11) is 1.97. The van der Waals surface area contributed by atoms with Gasteiger partial charge < -0.3 is 10.3 Å². The van der Waals surface area contributed by atoms with Gasteiger partial charge in [0.25, 0.3) is 0 Å². The van der Waals surface area contributed by atoms with Crippen LogP contribution in [0, 0.1) is 0 Å². The molecule has 2 N–H and O–H groups in total. The lowest BCUT2D eigenvalue weighted by Gasteiger charge is -1.96. The van der Waals surface area contributed by atoms with Crippen molar-refractivity contribution in [1.29, 1.82) is 0 Å². The van der Waals surface area contributed by atoms with Crippen molar-refractivity contribution in [3.63, 3.8) is 0 Å². The van der Waals surface area contributed by atoms with Crippen molar-refractivity contribution < 1.29 is 0 Å². The van der Waals surface area contributed by atoms with E-state index in [9.17, 15) is 0 Å². The third-order valence-electron chi connectivity index (χ3n) is 2.14. The van der Waals surface area contributed by atoms with Gasteiger partial charge in [-0.05, 0) is 6.07 Å². The molecule has 0 aliphatic heterocycles. The number of aryl methyl sites for hydroxylation is 2. The van der Waals surface area contributed by atoms with Gasteiger partial charge in [-0.2, -0.15) is 0 Å². The van der Waals surface area contributed by atoms with Crippen LogP contribution in [0.1, 0.15) is 12.7 Å². The van der Waals surface area contributed by atoms with Crippen LogP contribution >= 0.6 is 0 Å². The summed E-state index contributed by atoms with van der Waals surface area (Å²) in [6.45, 7) is 2.07. The molecule has 0 radical (unpaired) electrons. The summed E-state index contributed by atoms with van der Waals surface area (Å²) in [5.41, 5.74) is 8.04. The van der Waals surface area contributed by atoms with Crippen molar-refractivity contribution in [2.75, 3.05) is 5.73 Å². The highest BCUT2D eigenvalue weighted by atomic mass is 15.1. The molecule has 0 fully saturated rings. The molecule has 0 aromatic carbocycles. The number of imidazole rings is 1. The van der Waals surface area contributed by atoms with Gasteiger partial charge in [0.2, 0.25) is 0 Å². The first-order valence-corrected chi connectivity index (χ1v) is 4.29. The number of nitrogen functional groups attached to an aromatic ring is 1. The lowest BCUT2D eigenvalue weighted by molar-refractivity contribution is 0.821. The minimum Gasteiger partial charge on any atom is -0.397 e. The van der Waals surface area contributed by atoms with E-state index >= 15 is 0 Å². The van der Waals surface area contributed by atoms with Crippen molar-refractivity contribution in [1.82, 2.24) is 14.5 Å². The SMILES string of the molecule is CCc1nc2cc(N)cnc2n1C. The molecule has 0 saturated carbocycles. The Morgan fingerprint density at radius 1 is 1.54 bits per heavy atom. The van der Waals surface area contributed by atoms with E-state index in [1.165, 1.54) is 0 Å². The van der Waals surface area contributed by atoms with Gasteiger partial charge in [0, 0.05) is 13.5 Å². The minimum atomic E-state index is 0.660. The number of aromatic nitrogens is 3. The maximum absolute atomic E-state index is 5.61. The molecule has 2 aromatic rings. The van der Waals surface area contributed by atoms with E-state index in [4.69, 9.17) is 5.73 Å². The smallest absolute Gasteiger partial charge is 0.159 e. The molecule has 68 valence electrons. The predicted octanol–water partition coefficient (Wildman–Crippen LogP) is 1.11. The van der Waals surface area contributed by atoms with E-state index in [0.717, 1.165) is 23.4 Å². The molecule has 0 bridgehead atoms. The second kappa shape index (κ2) is 2.73. The van der Waals surface area contributed by atoms with Gasteiger partial charge in [0.05, 0.1) is 11.9 Å². The molecule has 0 aliphatic carbocycles. The summed E-state index contributed by atoms with van der Waals surface area (Å²) in [6.07, 6.45) is 2.57. The Balaban J connectivity index is 2.76. The largest absolute Gasteiger partial charge is 0.397 e. The van der Waals surface area contributed by atoms with Crippen LogP contribution in [0.5, 0.6) is 0 Å². The molecule has 0 amide bonds. The number of nitrogens with zero attached hydrogens (tertiary/aromatic N) is 3. The molecular formula is C9H12N4. The third-order valence-corrected chi connectivity index (χ3v) is 2.14. The number of hydrogen-bond acceptors (Lipinski definition) is 3. The lowest BCUT2D eigenvalue weighted by Crippen LogP contribution is -1.96. The standard InChI is InChI=1S/C9H12N4/c1-3-8-12-7-4-6(10)5-11-9(7)13(8)2/h4-5H,3,10H2,1-2H3. The first-order valence-electron chi connectivity index (χ1n) is 4.29. The summed E-state index contributed by atoms with van der Waals surface area (Å²) >= 11 is 0. The van der Waals surface area contributed by atoms with Crippen molar-refractivity contribution in [3.05, 3.63) is 18.1 Å². The monoisotopic (exact) mass is 176 g/mol. The average molecular weight is 176 g/mol. The van der Waals surface area contributed by atoms with Crippen molar-refractivity contribution in [3.8, 4) is 0 Å². The molecule has 4 nitrogen and oxygen atoms in total. The molecular weight excluding hydrogens is 164 g/mol. The summed E-state index contributed by atoms with van der Waals surface area (Å²) in [6, 6.07) is 1.85. The molecule has 2 heterocycles. The Morgan fingerprint density at radius 2 is 2.31 bits per heavy atom. The molecule has 2 rings (SSSR count). The molecule has 4 heteroatoms. The van der Waals surface area contributed by atoms with Gasteiger partial charge in [-0.3, -0.25) is 0 Å². The number of fused-ring (bicyclic) bond motifs is 1. The van der Waals surface area contributed by atoms with Crippen LogP contribution in [0.15, 0.2) is 12.3 Å². The van der Waals surface area contributed by atoms with Gasteiger partial charge in [0.15, 0.2) is 5.65 Å². The van der Waals surface area contributed by atoms with E-state index in [0.29, 0.717) is 5.69 Å². The topological polar surface area (TPSA) is 56.7 Å². The second-order valence-electron chi connectivity index (χ2n) is 3.05. The van der Waals surface area contributed by atoms with Gasteiger partial charge in [-0.15, -0.1) is 0 Å². The van der Waals surface area contributed by atoms with E-state index in [1.807, 2.05) is 17.7 Å². The van der Waals surface area contributed by atoms with Crippen LogP contribution in [-0.2, 0) is 13.5 Å². The lowest BCUT2D eigenvalue weighted by atomic mass is 10.4. The van der Waals surface area contributed by atoms with Crippen molar-refractivity contribution in [2.45, 2.75) is 13.3 Å². The van der Waals surface area contributed by atoms with Gasteiger partial charge in [0.1, 0.15) is 11.3 Å². The number of hydrogen-bond donors (Lipinski definition) is 1. The van der Waals surface area contributed by atoms with E-state index in [-0.39, 0.29) is 0 Å². The molecule has 0 saturated heterocycles. The Hall–Kier alpha value is -1.58. The minimum absolute atomic E-state index is 0.660. The fourth-order valence-electron chi connectivity index (χ4n) is 1.45. The van der Waals surface area contributed by atoms with Crippen LogP contribution in [0.4, 0.5) is 5.69 Å². The summed E-state index contributed by atoms with van der Waals surface area (Å²) in [4.78, 5) is 8.64. The predicted molar refractivity (Wildman–Crippen MR) is 52.3 cm³/mol. The zero-order valence-corrected chi connectivity index (χ0v) is 7.78. The number of pyridine rings is 1. The Bertz CT molecular complexity index is 444. The molecule has 13 heavy (non-hydrogen) atoms. The molecule has 0 spiro atoms. The van der Waals surface area contributed by atoms with Crippen LogP contribution in [0.25, 0.3) is 11.2 Å². The number of rotatable bonds is 1. The summed E-state index contributed by atoms with van der Waals surface area (Å²) < 4.78 is 1.99. The molecule has 2 aromatic heterocycles. The zero-order valence-electron chi connectivity index (χ0n) is 7.78. The van der Waals surface area contributed by atoms with Gasteiger partial charge in [-0.1, -0.05) is 6.92 Å². The Morgan fingerprint density at radius 3 is 3.00 bits per heavy atom. The van der Waals surface area contributed by atoms with Crippen LogP contribution < -0.4 is 5.73 Å².